The fraction of sp³-hybridized carbons (Fsp3) is 0.425. The molecule has 1 amide bonds. The van der Waals surface area contributed by atoms with Gasteiger partial charge in [-0.1, -0.05) is 74.5 Å². The molecular formula is C40H47N5O5. The second-order valence-corrected chi connectivity index (χ2v) is 13.2. The number of hydrogen-bond acceptors (Lipinski definition) is 8. The molecule has 2 heterocycles. The number of nitro benzene ring substituents is 1. The van der Waals surface area contributed by atoms with Crippen molar-refractivity contribution in [2.24, 2.45) is 0 Å². The number of esters is 1. The minimum atomic E-state index is -1.38. The summed E-state index contributed by atoms with van der Waals surface area (Å²) in [6.07, 6.45) is 4.77. The van der Waals surface area contributed by atoms with Crippen molar-refractivity contribution in [2.75, 3.05) is 32.8 Å². The van der Waals surface area contributed by atoms with E-state index in [0.717, 1.165) is 55.7 Å². The number of likely N-dealkylation sites (tertiary alicyclic amines) is 1. The molecule has 1 saturated heterocycles. The molecule has 1 fully saturated rings. The number of carbonyl (C=O) groups excluding carboxylic acids is 2. The lowest BCUT2D eigenvalue weighted by Crippen LogP contribution is -2.68. The molecule has 3 aromatic carbocycles. The number of hydrogen-bond donors (Lipinski definition) is 1. The largest absolute Gasteiger partial charge is 0.463 e. The normalized spacial score (nSPS) is 20.3. The van der Waals surface area contributed by atoms with Crippen LogP contribution in [0.15, 0.2) is 90.6 Å². The van der Waals surface area contributed by atoms with Crippen molar-refractivity contribution < 1.29 is 19.2 Å². The van der Waals surface area contributed by atoms with Crippen molar-refractivity contribution in [1.82, 2.24) is 15.1 Å². The molecule has 0 radical (unpaired) electrons. The van der Waals surface area contributed by atoms with Crippen LogP contribution in [-0.2, 0) is 19.7 Å². The molecule has 0 bridgehead atoms. The van der Waals surface area contributed by atoms with Crippen molar-refractivity contribution in [1.29, 1.82) is 5.26 Å². The molecule has 2 atom stereocenters. The molecule has 2 unspecified atom stereocenters. The zero-order chi connectivity index (χ0) is 35.6. The number of ether oxygens (including phenoxy) is 1. The number of nitriles is 1. The van der Waals surface area contributed by atoms with Crippen molar-refractivity contribution >= 4 is 23.6 Å². The van der Waals surface area contributed by atoms with E-state index >= 15 is 0 Å². The highest BCUT2D eigenvalue weighted by atomic mass is 16.6. The van der Waals surface area contributed by atoms with Crippen LogP contribution in [0.5, 0.6) is 0 Å². The number of non-ortho nitro benzene ring substituents is 1. The summed E-state index contributed by atoms with van der Waals surface area (Å²) < 4.78 is 5.72. The number of benzene rings is 3. The van der Waals surface area contributed by atoms with Crippen LogP contribution in [0.4, 0.5) is 5.69 Å². The molecule has 0 saturated carbocycles. The number of nitrogens with zero attached hydrogens (tertiary/aromatic N) is 4. The van der Waals surface area contributed by atoms with Crippen LogP contribution in [0.3, 0.4) is 0 Å². The van der Waals surface area contributed by atoms with Crippen LogP contribution < -0.4 is 5.32 Å². The van der Waals surface area contributed by atoms with Crippen LogP contribution in [0.2, 0.25) is 0 Å². The second kappa shape index (κ2) is 16.6. The van der Waals surface area contributed by atoms with Gasteiger partial charge in [0, 0.05) is 36.2 Å². The standard InChI is InChI=1S/C40H47N5O5/c1-3-36-35(31-17-19-34(20-18-31)45(48)49)29-40(37(4-2)42-36,38(47)50-28-11-23-41)44(30-46)25-12-24-43-26-21-39(22-27-43,32-13-7-5-8-14-32)33-15-9-6-10-16-33/h5-10,13-20,30,37,42H,3-4,11-12,21-22,24-29H2,1-2H3. The number of nitro groups is 1. The maximum absolute atomic E-state index is 14.2. The number of piperidine rings is 1. The molecule has 0 aliphatic carbocycles. The zero-order valence-electron chi connectivity index (χ0n) is 29.1. The Bertz CT molecular complexity index is 1640. The molecule has 1 N–H and O–H groups in total. The Morgan fingerprint density at radius 1 is 1.04 bits per heavy atom. The van der Waals surface area contributed by atoms with Gasteiger partial charge in [-0.25, -0.2) is 4.79 Å². The third-order valence-electron chi connectivity index (χ3n) is 10.6. The first-order chi connectivity index (χ1) is 24.3. The van der Waals surface area contributed by atoms with Gasteiger partial charge in [0.1, 0.15) is 6.61 Å². The Hall–Kier alpha value is -5.01. The fourth-order valence-corrected chi connectivity index (χ4v) is 7.91. The topological polar surface area (TPSA) is 129 Å². The fourth-order valence-electron chi connectivity index (χ4n) is 7.91. The average Bonchev–Trinajstić information content (AvgIpc) is 3.17. The smallest absolute Gasteiger partial charge is 0.334 e. The molecule has 262 valence electrons. The van der Waals surface area contributed by atoms with Crippen molar-refractivity contribution in [3.8, 4) is 6.07 Å². The van der Waals surface area contributed by atoms with E-state index in [0.29, 0.717) is 25.8 Å². The van der Waals surface area contributed by atoms with Gasteiger partial charge in [0.25, 0.3) is 5.69 Å². The minimum absolute atomic E-state index is 0.0261. The van der Waals surface area contributed by atoms with E-state index in [9.17, 15) is 19.7 Å². The summed E-state index contributed by atoms with van der Waals surface area (Å²) in [5, 5.41) is 24.1. The number of rotatable bonds is 15. The van der Waals surface area contributed by atoms with Crippen LogP contribution in [-0.4, -0.2) is 71.5 Å². The maximum Gasteiger partial charge on any atom is 0.334 e. The van der Waals surface area contributed by atoms with Gasteiger partial charge in [0.05, 0.1) is 23.5 Å². The van der Waals surface area contributed by atoms with Crippen LogP contribution in [0.1, 0.15) is 75.5 Å². The summed E-state index contributed by atoms with van der Waals surface area (Å²) >= 11 is 0. The quantitative estimate of drug-likeness (QED) is 0.0626. The summed E-state index contributed by atoms with van der Waals surface area (Å²) in [6.45, 7) is 6.81. The van der Waals surface area contributed by atoms with E-state index in [4.69, 9.17) is 10.00 Å². The Morgan fingerprint density at radius 3 is 2.18 bits per heavy atom. The van der Waals surface area contributed by atoms with Gasteiger partial charge in [-0.2, -0.15) is 5.26 Å². The van der Waals surface area contributed by atoms with E-state index in [2.05, 4.69) is 70.9 Å². The highest BCUT2D eigenvalue weighted by Crippen LogP contribution is 2.43. The van der Waals surface area contributed by atoms with Crippen LogP contribution in [0.25, 0.3) is 5.57 Å². The number of amides is 1. The van der Waals surface area contributed by atoms with Gasteiger partial charge < -0.3 is 19.9 Å². The summed E-state index contributed by atoms with van der Waals surface area (Å²) in [7, 11) is 0. The number of carbonyl (C=O) groups is 2. The molecule has 2 aliphatic rings. The van der Waals surface area contributed by atoms with Crippen LogP contribution in [0, 0.1) is 21.4 Å². The van der Waals surface area contributed by atoms with Crippen molar-refractivity contribution in [3.63, 3.8) is 0 Å². The van der Waals surface area contributed by atoms with Gasteiger partial charge in [-0.15, -0.1) is 0 Å². The summed E-state index contributed by atoms with van der Waals surface area (Å²) in [4.78, 5) is 42.2. The molecule has 2 aliphatic heterocycles. The van der Waals surface area contributed by atoms with Crippen molar-refractivity contribution in [2.45, 2.75) is 75.8 Å². The highest BCUT2D eigenvalue weighted by Gasteiger charge is 2.54. The lowest BCUT2D eigenvalue weighted by Gasteiger charge is -2.49. The maximum atomic E-state index is 14.2. The summed E-state index contributed by atoms with van der Waals surface area (Å²) in [5.74, 6) is -0.553. The molecule has 0 aromatic heterocycles. The summed E-state index contributed by atoms with van der Waals surface area (Å²) in [6, 6.07) is 29.3. The molecule has 3 aromatic rings. The Morgan fingerprint density at radius 2 is 1.66 bits per heavy atom. The first-order valence-electron chi connectivity index (χ1n) is 17.7. The minimum Gasteiger partial charge on any atom is -0.463 e. The van der Waals surface area contributed by atoms with Gasteiger partial charge in [-0.05, 0) is 86.1 Å². The third kappa shape index (κ3) is 7.43. The first kappa shape index (κ1) is 36.3. The average molecular weight is 678 g/mol. The van der Waals surface area contributed by atoms with E-state index < -0.39 is 22.5 Å². The Kier molecular flexibility index (Phi) is 12.0. The van der Waals surface area contributed by atoms with E-state index in [1.165, 1.54) is 23.3 Å². The number of allylic oxidation sites excluding steroid dienone is 1. The predicted octanol–water partition coefficient (Wildman–Crippen LogP) is 6.61. The molecule has 10 nitrogen and oxygen atoms in total. The van der Waals surface area contributed by atoms with Gasteiger partial charge in [0.15, 0.2) is 5.54 Å². The third-order valence-corrected chi connectivity index (χ3v) is 10.6. The highest BCUT2D eigenvalue weighted by molar-refractivity contribution is 5.89. The number of nitrogens with one attached hydrogen (secondary N) is 1. The lowest BCUT2D eigenvalue weighted by molar-refractivity contribution is -0.384. The molecule has 0 spiro atoms. The zero-order valence-corrected chi connectivity index (χ0v) is 29.1. The van der Waals surface area contributed by atoms with Gasteiger partial charge in [0.2, 0.25) is 6.41 Å². The first-order valence-corrected chi connectivity index (χ1v) is 17.7. The molecular weight excluding hydrogens is 630 g/mol. The lowest BCUT2D eigenvalue weighted by atomic mass is 9.68. The van der Waals surface area contributed by atoms with E-state index in [1.807, 2.05) is 19.9 Å². The molecule has 5 rings (SSSR count). The van der Waals surface area contributed by atoms with Crippen molar-refractivity contribution in [3.05, 3.63) is 117 Å². The molecule has 10 heteroatoms. The predicted molar refractivity (Wildman–Crippen MR) is 193 cm³/mol. The van der Waals surface area contributed by atoms with Crippen LogP contribution >= 0.6 is 0 Å². The van der Waals surface area contributed by atoms with Gasteiger partial charge >= 0.3 is 5.97 Å². The van der Waals surface area contributed by atoms with E-state index in [1.54, 1.807) is 17.0 Å². The monoisotopic (exact) mass is 677 g/mol. The Balaban J connectivity index is 1.37. The molecule has 50 heavy (non-hydrogen) atoms. The van der Waals surface area contributed by atoms with Gasteiger partial charge in [-0.3, -0.25) is 14.9 Å². The van der Waals surface area contributed by atoms with E-state index in [-0.39, 0.29) is 30.6 Å². The Labute approximate surface area is 294 Å². The summed E-state index contributed by atoms with van der Waals surface area (Å²) in [5.41, 5.74) is 3.66. The second-order valence-electron chi connectivity index (χ2n) is 13.2. The SMILES string of the molecule is CCC1=C(c2ccc([N+](=O)[O-])cc2)CC(C(=O)OCCC#N)(N(C=O)CCCN2CCC(c3ccccc3)(c3ccccc3)CC2)C(CC)N1.